The maximum atomic E-state index is 13.7. The molecule has 0 aliphatic carbocycles. The van der Waals surface area contributed by atoms with Gasteiger partial charge in [0.05, 0.1) is 11.7 Å². The molecule has 7 nitrogen and oxygen atoms in total. The van der Waals surface area contributed by atoms with E-state index in [1.54, 1.807) is 34.5 Å². The van der Waals surface area contributed by atoms with E-state index in [0.717, 1.165) is 28.5 Å². The molecule has 5 rings (SSSR count). The van der Waals surface area contributed by atoms with Crippen molar-refractivity contribution in [2.24, 2.45) is 0 Å². The number of hydrogen-bond acceptors (Lipinski definition) is 6. The largest absolute Gasteiger partial charge is 0.508 e. The second kappa shape index (κ2) is 8.96. The van der Waals surface area contributed by atoms with Gasteiger partial charge in [-0.15, -0.1) is 11.3 Å². The number of fused-ring (bicyclic) bond motifs is 2. The fourth-order valence-corrected chi connectivity index (χ4v) is 5.64. The summed E-state index contributed by atoms with van der Waals surface area (Å²) >= 11 is 1.48. The number of benzene rings is 2. The Labute approximate surface area is 195 Å². The van der Waals surface area contributed by atoms with Crippen LogP contribution in [-0.2, 0) is 20.7 Å². The van der Waals surface area contributed by atoms with Crippen LogP contribution >= 0.6 is 11.3 Å². The van der Waals surface area contributed by atoms with Gasteiger partial charge in [-0.05, 0) is 36.6 Å². The minimum absolute atomic E-state index is 0.0228. The van der Waals surface area contributed by atoms with Gasteiger partial charge in [0.25, 0.3) is 5.91 Å². The molecule has 2 fully saturated rings. The second-order valence-corrected chi connectivity index (χ2v) is 9.39. The first-order chi connectivity index (χ1) is 16.0. The number of hydrogen-bond donors (Lipinski definition) is 2. The molecule has 170 valence electrons. The van der Waals surface area contributed by atoms with E-state index in [0.29, 0.717) is 12.1 Å². The van der Waals surface area contributed by atoms with Crippen LogP contribution in [0.2, 0.25) is 0 Å². The predicted molar refractivity (Wildman–Crippen MR) is 124 cm³/mol. The van der Waals surface area contributed by atoms with Gasteiger partial charge < -0.3 is 20.1 Å². The van der Waals surface area contributed by atoms with Crippen molar-refractivity contribution in [1.82, 2.24) is 10.2 Å². The highest BCUT2D eigenvalue weighted by Gasteiger charge is 2.45. The van der Waals surface area contributed by atoms with Crippen LogP contribution in [0, 0.1) is 0 Å². The first-order valence-electron chi connectivity index (χ1n) is 11.0. The van der Waals surface area contributed by atoms with Crippen molar-refractivity contribution in [3.8, 4) is 5.75 Å². The summed E-state index contributed by atoms with van der Waals surface area (Å²) in [6, 6.07) is 12.8. The van der Waals surface area contributed by atoms with Crippen LogP contribution in [0.5, 0.6) is 5.75 Å². The van der Waals surface area contributed by atoms with E-state index in [2.05, 4.69) is 5.32 Å². The molecule has 2 saturated heterocycles. The third kappa shape index (κ3) is 4.24. The summed E-state index contributed by atoms with van der Waals surface area (Å²) < 4.78 is 6.59. The Balaban J connectivity index is 1.43. The minimum atomic E-state index is -0.854. The van der Waals surface area contributed by atoms with Crippen molar-refractivity contribution in [1.29, 1.82) is 0 Å². The van der Waals surface area contributed by atoms with Crippen LogP contribution in [0.3, 0.4) is 0 Å². The molecule has 1 aromatic heterocycles. The molecule has 2 amide bonds. The van der Waals surface area contributed by atoms with E-state index in [4.69, 9.17) is 4.74 Å². The number of amides is 2. The van der Waals surface area contributed by atoms with Crippen LogP contribution in [0.15, 0.2) is 53.9 Å². The molecule has 2 aromatic carbocycles. The van der Waals surface area contributed by atoms with Crippen molar-refractivity contribution < 1.29 is 24.2 Å². The molecule has 0 unspecified atom stereocenters. The molecule has 0 bridgehead atoms. The summed E-state index contributed by atoms with van der Waals surface area (Å²) in [7, 11) is 0. The van der Waals surface area contributed by atoms with Crippen molar-refractivity contribution in [2.75, 3.05) is 13.2 Å². The summed E-state index contributed by atoms with van der Waals surface area (Å²) in [5, 5.41) is 15.2. The van der Waals surface area contributed by atoms with E-state index < -0.39 is 12.1 Å². The van der Waals surface area contributed by atoms with E-state index in [1.807, 2.05) is 24.3 Å². The number of ether oxygens (including phenoxy) is 1. The number of likely N-dealkylation sites (tertiary alicyclic amines) is 1. The number of nitrogens with zero attached hydrogens (tertiary/aromatic N) is 1. The number of ketones is 1. The quantitative estimate of drug-likeness (QED) is 0.605. The first kappa shape index (κ1) is 21.6. The maximum absolute atomic E-state index is 13.7. The van der Waals surface area contributed by atoms with Gasteiger partial charge in [0.1, 0.15) is 24.4 Å². The number of rotatable bonds is 5. The molecule has 3 aromatic rings. The first-order valence-corrected chi connectivity index (χ1v) is 11.9. The lowest BCUT2D eigenvalue weighted by molar-refractivity contribution is -0.142. The summed E-state index contributed by atoms with van der Waals surface area (Å²) in [6.45, 7) is 0.480. The number of thiophene rings is 1. The van der Waals surface area contributed by atoms with Crippen LogP contribution in [-0.4, -0.2) is 58.9 Å². The lowest BCUT2D eigenvalue weighted by Gasteiger charge is -2.37. The van der Waals surface area contributed by atoms with Gasteiger partial charge in [0, 0.05) is 28.4 Å². The van der Waals surface area contributed by atoms with Crippen molar-refractivity contribution in [3.63, 3.8) is 0 Å². The average Bonchev–Trinajstić information content (AvgIpc) is 3.43. The monoisotopic (exact) mass is 464 g/mol. The number of carbonyl (C=O) groups is 3. The lowest BCUT2D eigenvalue weighted by atomic mass is 9.95. The Morgan fingerprint density at radius 2 is 1.97 bits per heavy atom. The van der Waals surface area contributed by atoms with Gasteiger partial charge in [-0.25, -0.2) is 0 Å². The number of phenolic OH excluding ortho intramolecular Hbond substituents is 1. The van der Waals surface area contributed by atoms with E-state index in [-0.39, 0.29) is 42.5 Å². The summed E-state index contributed by atoms with van der Waals surface area (Å²) in [6.07, 6.45) is 1.46. The fraction of sp³-hybridized carbons (Fsp3) is 0.320. The third-order valence-corrected chi connectivity index (χ3v) is 7.30. The highest BCUT2D eigenvalue weighted by atomic mass is 32.1. The molecular formula is C25H24N2O5S. The van der Waals surface area contributed by atoms with Gasteiger partial charge in [-0.1, -0.05) is 30.3 Å². The molecule has 2 N–H and O–H groups in total. The lowest BCUT2D eigenvalue weighted by Crippen LogP contribution is -2.58. The Morgan fingerprint density at radius 3 is 2.79 bits per heavy atom. The van der Waals surface area contributed by atoms with Crippen molar-refractivity contribution in [2.45, 2.75) is 37.5 Å². The zero-order valence-corrected chi connectivity index (χ0v) is 18.7. The number of phenols is 1. The molecule has 3 heterocycles. The minimum Gasteiger partial charge on any atom is -0.508 e. The molecule has 0 spiro atoms. The highest BCUT2D eigenvalue weighted by molar-refractivity contribution is 7.17. The number of piperidine rings is 1. The Bertz CT molecular complexity index is 1200. The van der Waals surface area contributed by atoms with Crippen LogP contribution < -0.4 is 5.32 Å². The Kier molecular flexibility index (Phi) is 5.86. The molecule has 33 heavy (non-hydrogen) atoms. The number of aromatic hydroxyl groups is 1. The molecule has 0 saturated carbocycles. The fourth-order valence-electron chi connectivity index (χ4n) is 4.70. The normalized spacial score (nSPS) is 21.1. The van der Waals surface area contributed by atoms with Gasteiger partial charge in [-0.2, -0.15) is 0 Å². The molecule has 3 atom stereocenters. The summed E-state index contributed by atoms with van der Waals surface area (Å²) in [4.78, 5) is 41.0. The molecule has 8 heteroatoms. The van der Waals surface area contributed by atoms with Gasteiger partial charge in [0.2, 0.25) is 5.91 Å². The zero-order chi connectivity index (χ0) is 22.9. The SMILES string of the molecule is O=C(N[C@@H](Cc1ccc(O)cc1)C(=O)N1CCC[C@H]2OCC(=O)[C@H]21)c1csc2ccccc12. The van der Waals surface area contributed by atoms with Crippen LogP contribution in [0.25, 0.3) is 10.1 Å². The van der Waals surface area contributed by atoms with Gasteiger partial charge in [0.15, 0.2) is 5.78 Å². The predicted octanol–water partition coefficient (Wildman–Crippen LogP) is 2.91. The maximum Gasteiger partial charge on any atom is 0.253 e. The number of Topliss-reactive ketones (excluding diaryl/α,β-unsaturated/α-hetero) is 1. The van der Waals surface area contributed by atoms with Gasteiger partial charge in [-0.3, -0.25) is 14.4 Å². The van der Waals surface area contributed by atoms with Crippen molar-refractivity contribution in [3.05, 3.63) is 65.0 Å². The van der Waals surface area contributed by atoms with E-state index in [9.17, 15) is 19.5 Å². The average molecular weight is 465 g/mol. The third-order valence-electron chi connectivity index (χ3n) is 6.33. The van der Waals surface area contributed by atoms with Crippen LogP contribution in [0.4, 0.5) is 0 Å². The molecule has 2 aliphatic rings. The molecule has 0 radical (unpaired) electrons. The Morgan fingerprint density at radius 1 is 1.18 bits per heavy atom. The Hall–Kier alpha value is -3.23. The summed E-state index contributed by atoms with van der Waals surface area (Å²) in [5.41, 5.74) is 1.32. The van der Waals surface area contributed by atoms with E-state index in [1.165, 1.54) is 11.3 Å². The van der Waals surface area contributed by atoms with Gasteiger partial charge >= 0.3 is 0 Å². The van der Waals surface area contributed by atoms with E-state index >= 15 is 0 Å². The smallest absolute Gasteiger partial charge is 0.253 e. The number of nitrogens with one attached hydrogen (secondary N) is 1. The highest BCUT2D eigenvalue weighted by Crippen LogP contribution is 2.28. The summed E-state index contributed by atoms with van der Waals surface area (Å²) in [5.74, 6) is -0.578. The molecular weight excluding hydrogens is 440 g/mol. The zero-order valence-electron chi connectivity index (χ0n) is 17.9. The number of carbonyl (C=O) groups excluding carboxylic acids is 3. The second-order valence-electron chi connectivity index (χ2n) is 8.48. The molecule has 2 aliphatic heterocycles. The topological polar surface area (TPSA) is 95.9 Å². The van der Waals surface area contributed by atoms with Crippen LogP contribution in [0.1, 0.15) is 28.8 Å². The van der Waals surface area contributed by atoms with Crippen molar-refractivity contribution >= 4 is 39.0 Å². The standard InChI is InChI=1S/C25H24N2O5S/c28-16-9-7-15(8-10-16)12-19(25(31)27-11-3-5-21-23(27)20(29)13-32-21)26-24(30)18-14-33-22-6-2-1-4-17(18)22/h1-2,4,6-10,14,19,21,23,28H,3,5,11-13H2,(H,26,30)/t19-,21+,23+/m0/s1.